The zero-order chi connectivity index (χ0) is 17.1. The van der Waals surface area contributed by atoms with Crippen molar-refractivity contribution in [2.45, 2.75) is 19.8 Å². The predicted octanol–water partition coefficient (Wildman–Crippen LogP) is 5.31. The number of benzene rings is 3. The Bertz CT molecular complexity index is 888. The smallest absolute Gasteiger partial charge is 0.323 e. The molecule has 0 aromatic heterocycles. The Morgan fingerprint density at radius 2 is 1.75 bits per heavy atom. The van der Waals surface area contributed by atoms with Crippen molar-refractivity contribution >= 4 is 28.2 Å². The van der Waals surface area contributed by atoms with Crippen LogP contribution in [0.4, 0.5) is 16.2 Å². The molecule has 0 aliphatic carbocycles. The van der Waals surface area contributed by atoms with Crippen LogP contribution in [0.2, 0.25) is 0 Å². The van der Waals surface area contributed by atoms with Gasteiger partial charge in [0, 0.05) is 11.1 Å². The van der Waals surface area contributed by atoms with Crippen LogP contribution in [0.5, 0.6) is 5.75 Å². The molecule has 3 aromatic carbocycles. The minimum atomic E-state index is -0.313. The summed E-state index contributed by atoms with van der Waals surface area (Å²) in [4.78, 5) is 12.3. The third-order valence-corrected chi connectivity index (χ3v) is 3.93. The molecule has 0 bridgehead atoms. The molecule has 3 rings (SSSR count). The van der Waals surface area contributed by atoms with Gasteiger partial charge in [0.1, 0.15) is 5.75 Å². The third kappa shape index (κ3) is 3.49. The highest BCUT2D eigenvalue weighted by Crippen LogP contribution is 2.27. The van der Waals surface area contributed by atoms with Crippen molar-refractivity contribution in [2.24, 2.45) is 0 Å². The van der Waals surface area contributed by atoms with Crippen LogP contribution in [0.3, 0.4) is 0 Å². The summed E-state index contributed by atoms with van der Waals surface area (Å²) >= 11 is 0. The number of hydrogen-bond donors (Lipinski definition) is 3. The number of rotatable bonds is 3. The number of carbonyl (C=O) groups is 1. The Morgan fingerprint density at radius 3 is 2.54 bits per heavy atom. The zero-order valence-electron chi connectivity index (χ0n) is 13.7. The maximum Gasteiger partial charge on any atom is 0.323 e. The maximum atomic E-state index is 12.3. The standard InChI is InChI=1S/C20H20N2O2/c1-13(2)15-6-3-7-16(11-15)21-20(24)22-19-8-4-5-14-9-10-17(23)12-18(14)19/h3-13,23H,1-2H3,(H2,21,22,24). The predicted molar refractivity (Wildman–Crippen MR) is 98.8 cm³/mol. The number of nitrogens with one attached hydrogen (secondary N) is 2. The average molecular weight is 320 g/mol. The molecule has 0 unspecified atom stereocenters. The van der Waals surface area contributed by atoms with Crippen LogP contribution in [-0.4, -0.2) is 11.1 Å². The van der Waals surface area contributed by atoms with E-state index in [9.17, 15) is 9.90 Å². The van der Waals surface area contributed by atoms with Crippen molar-refractivity contribution in [1.82, 2.24) is 0 Å². The first-order chi connectivity index (χ1) is 11.5. The SMILES string of the molecule is CC(C)c1cccc(NC(=O)Nc2cccc3ccc(O)cc23)c1. The van der Waals surface area contributed by atoms with E-state index in [4.69, 9.17) is 0 Å². The molecule has 0 spiro atoms. The molecule has 3 aromatic rings. The fourth-order valence-corrected chi connectivity index (χ4v) is 2.63. The Morgan fingerprint density at radius 1 is 0.958 bits per heavy atom. The van der Waals surface area contributed by atoms with E-state index in [1.807, 2.05) is 48.5 Å². The van der Waals surface area contributed by atoms with Gasteiger partial charge >= 0.3 is 6.03 Å². The lowest BCUT2D eigenvalue weighted by Crippen LogP contribution is -2.19. The quantitative estimate of drug-likeness (QED) is 0.612. The summed E-state index contributed by atoms with van der Waals surface area (Å²) in [6.45, 7) is 4.23. The van der Waals surface area contributed by atoms with E-state index >= 15 is 0 Å². The minimum absolute atomic E-state index is 0.168. The number of amides is 2. The molecule has 2 amide bonds. The second kappa shape index (κ2) is 6.62. The van der Waals surface area contributed by atoms with Crippen LogP contribution in [0.15, 0.2) is 60.7 Å². The molecule has 0 saturated carbocycles. The topological polar surface area (TPSA) is 61.4 Å². The van der Waals surface area contributed by atoms with Gasteiger partial charge < -0.3 is 15.7 Å². The van der Waals surface area contributed by atoms with Gasteiger partial charge in [0.25, 0.3) is 0 Å². The molecule has 0 aliphatic rings. The molecule has 0 radical (unpaired) electrons. The van der Waals surface area contributed by atoms with Gasteiger partial charge in [-0.3, -0.25) is 0 Å². The van der Waals surface area contributed by atoms with Crippen molar-refractivity contribution in [3.63, 3.8) is 0 Å². The van der Waals surface area contributed by atoms with E-state index in [-0.39, 0.29) is 11.8 Å². The molecule has 24 heavy (non-hydrogen) atoms. The number of carbonyl (C=O) groups excluding carboxylic acids is 1. The monoisotopic (exact) mass is 320 g/mol. The Hall–Kier alpha value is -3.01. The molecule has 3 N–H and O–H groups in total. The average Bonchev–Trinajstić information content (AvgIpc) is 2.55. The lowest BCUT2D eigenvalue weighted by molar-refractivity contribution is 0.262. The van der Waals surface area contributed by atoms with Gasteiger partial charge in [0.2, 0.25) is 0 Å². The Balaban J connectivity index is 1.80. The van der Waals surface area contributed by atoms with E-state index in [1.165, 1.54) is 5.56 Å². The Labute approximate surface area is 141 Å². The van der Waals surface area contributed by atoms with E-state index in [1.54, 1.807) is 12.1 Å². The second-order valence-corrected chi connectivity index (χ2v) is 6.07. The summed E-state index contributed by atoms with van der Waals surface area (Å²) in [5.41, 5.74) is 2.57. The van der Waals surface area contributed by atoms with Gasteiger partial charge in [0.15, 0.2) is 0 Å². The molecule has 0 heterocycles. The number of hydrogen-bond acceptors (Lipinski definition) is 2. The van der Waals surface area contributed by atoms with Crippen molar-refractivity contribution < 1.29 is 9.90 Å². The number of fused-ring (bicyclic) bond motifs is 1. The van der Waals surface area contributed by atoms with Crippen LogP contribution in [0.1, 0.15) is 25.3 Å². The van der Waals surface area contributed by atoms with Crippen LogP contribution in [0.25, 0.3) is 10.8 Å². The van der Waals surface area contributed by atoms with Crippen molar-refractivity contribution in [3.05, 3.63) is 66.2 Å². The van der Waals surface area contributed by atoms with Crippen molar-refractivity contribution in [3.8, 4) is 5.75 Å². The molecular weight excluding hydrogens is 300 g/mol. The normalized spacial score (nSPS) is 10.8. The van der Waals surface area contributed by atoms with E-state index in [2.05, 4.69) is 24.5 Å². The lowest BCUT2D eigenvalue weighted by atomic mass is 10.0. The molecule has 122 valence electrons. The highest BCUT2D eigenvalue weighted by Gasteiger charge is 2.08. The summed E-state index contributed by atoms with van der Waals surface area (Å²) in [5.74, 6) is 0.567. The van der Waals surface area contributed by atoms with E-state index in [0.717, 1.165) is 16.5 Å². The molecule has 4 heteroatoms. The highest BCUT2D eigenvalue weighted by molar-refractivity contribution is 6.06. The van der Waals surface area contributed by atoms with E-state index < -0.39 is 0 Å². The van der Waals surface area contributed by atoms with Crippen LogP contribution >= 0.6 is 0 Å². The largest absolute Gasteiger partial charge is 0.508 e. The molecule has 0 saturated heterocycles. The first-order valence-electron chi connectivity index (χ1n) is 7.92. The van der Waals surface area contributed by atoms with Crippen molar-refractivity contribution in [2.75, 3.05) is 10.6 Å². The fourth-order valence-electron chi connectivity index (χ4n) is 2.63. The van der Waals surface area contributed by atoms with Gasteiger partial charge in [0.05, 0.1) is 5.69 Å². The van der Waals surface area contributed by atoms with Gasteiger partial charge in [-0.25, -0.2) is 4.79 Å². The van der Waals surface area contributed by atoms with Crippen LogP contribution < -0.4 is 10.6 Å². The summed E-state index contributed by atoms with van der Waals surface area (Å²) in [6.07, 6.45) is 0. The van der Waals surface area contributed by atoms with Gasteiger partial charge in [-0.05, 0) is 47.2 Å². The second-order valence-electron chi connectivity index (χ2n) is 6.07. The van der Waals surface area contributed by atoms with Gasteiger partial charge in [-0.2, -0.15) is 0 Å². The molecule has 0 atom stereocenters. The van der Waals surface area contributed by atoms with Gasteiger partial charge in [-0.1, -0.05) is 44.2 Å². The van der Waals surface area contributed by atoms with Crippen LogP contribution in [-0.2, 0) is 0 Å². The molecule has 0 fully saturated rings. The number of phenols is 1. The Kier molecular flexibility index (Phi) is 4.38. The third-order valence-electron chi connectivity index (χ3n) is 3.93. The minimum Gasteiger partial charge on any atom is -0.508 e. The maximum absolute atomic E-state index is 12.3. The zero-order valence-corrected chi connectivity index (χ0v) is 13.7. The first-order valence-corrected chi connectivity index (χ1v) is 7.92. The molecular formula is C20H20N2O2. The first kappa shape index (κ1) is 15.9. The number of aromatic hydroxyl groups is 1. The van der Waals surface area contributed by atoms with Crippen molar-refractivity contribution in [1.29, 1.82) is 0 Å². The number of anilines is 2. The fraction of sp³-hybridized carbons (Fsp3) is 0.150. The summed E-state index contributed by atoms with van der Waals surface area (Å²) in [7, 11) is 0. The van der Waals surface area contributed by atoms with Crippen LogP contribution in [0, 0.1) is 0 Å². The molecule has 4 nitrogen and oxygen atoms in total. The summed E-state index contributed by atoms with van der Waals surface area (Å²) in [5, 5.41) is 17.1. The highest BCUT2D eigenvalue weighted by atomic mass is 16.3. The van der Waals surface area contributed by atoms with E-state index in [0.29, 0.717) is 11.6 Å². The van der Waals surface area contributed by atoms with Gasteiger partial charge in [-0.15, -0.1) is 0 Å². The number of urea groups is 1. The summed E-state index contributed by atoms with van der Waals surface area (Å²) in [6, 6.07) is 18.2. The lowest BCUT2D eigenvalue weighted by Gasteiger charge is -2.12. The number of phenolic OH excluding ortho intramolecular Hbond substituents is 1. The molecule has 0 aliphatic heterocycles. The summed E-state index contributed by atoms with van der Waals surface area (Å²) < 4.78 is 0.